The SMILES string of the molecule is CCCC(=O)Nc1ccc(NCCCc2ccccc2)nc1. The lowest BCUT2D eigenvalue weighted by Crippen LogP contribution is -2.11. The highest BCUT2D eigenvalue weighted by Gasteiger charge is 2.01. The molecule has 2 rings (SSSR count). The van der Waals surface area contributed by atoms with Crippen LogP contribution in [0.15, 0.2) is 48.7 Å². The Morgan fingerprint density at radius 1 is 1.14 bits per heavy atom. The Bertz CT molecular complexity index is 567. The lowest BCUT2D eigenvalue weighted by Gasteiger charge is -2.07. The number of rotatable bonds is 8. The molecule has 116 valence electrons. The van der Waals surface area contributed by atoms with Gasteiger partial charge in [-0.1, -0.05) is 37.3 Å². The van der Waals surface area contributed by atoms with Gasteiger partial charge in [0, 0.05) is 13.0 Å². The first-order chi connectivity index (χ1) is 10.8. The molecule has 0 radical (unpaired) electrons. The van der Waals surface area contributed by atoms with Gasteiger partial charge in [0.2, 0.25) is 5.91 Å². The first-order valence-electron chi connectivity index (χ1n) is 7.81. The quantitative estimate of drug-likeness (QED) is 0.727. The zero-order chi connectivity index (χ0) is 15.6. The minimum Gasteiger partial charge on any atom is -0.370 e. The van der Waals surface area contributed by atoms with Gasteiger partial charge in [-0.15, -0.1) is 0 Å². The zero-order valence-corrected chi connectivity index (χ0v) is 13.0. The number of hydrogen-bond donors (Lipinski definition) is 2. The fourth-order valence-electron chi connectivity index (χ4n) is 2.18. The van der Waals surface area contributed by atoms with Gasteiger partial charge in [-0.3, -0.25) is 4.79 Å². The van der Waals surface area contributed by atoms with Crippen molar-refractivity contribution in [2.24, 2.45) is 0 Å². The second-order valence-electron chi connectivity index (χ2n) is 5.25. The molecule has 0 aliphatic rings. The summed E-state index contributed by atoms with van der Waals surface area (Å²) in [7, 11) is 0. The van der Waals surface area contributed by atoms with E-state index in [2.05, 4.69) is 39.9 Å². The molecule has 22 heavy (non-hydrogen) atoms. The molecule has 0 aliphatic heterocycles. The normalized spacial score (nSPS) is 10.2. The fourth-order valence-corrected chi connectivity index (χ4v) is 2.18. The monoisotopic (exact) mass is 297 g/mol. The molecule has 0 saturated heterocycles. The van der Waals surface area contributed by atoms with Crippen molar-refractivity contribution in [2.45, 2.75) is 32.6 Å². The Morgan fingerprint density at radius 2 is 1.95 bits per heavy atom. The topological polar surface area (TPSA) is 54.0 Å². The molecule has 0 bridgehead atoms. The number of aryl methyl sites for hydroxylation is 1. The van der Waals surface area contributed by atoms with Gasteiger partial charge in [-0.25, -0.2) is 4.98 Å². The predicted octanol–water partition coefficient (Wildman–Crippen LogP) is 3.86. The van der Waals surface area contributed by atoms with Crippen LogP contribution in [0.1, 0.15) is 31.7 Å². The Balaban J connectivity index is 1.71. The third-order valence-electron chi connectivity index (χ3n) is 3.32. The molecular formula is C18H23N3O. The number of nitrogens with zero attached hydrogens (tertiary/aromatic N) is 1. The van der Waals surface area contributed by atoms with Crippen molar-refractivity contribution in [1.29, 1.82) is 0 Å². The van der Waals surface area contributed by atoms with Crippen molar-refractivity contribution < 1.29 is 4.79 Å². The van der Waals surface area contributed by atoms with Crippen molar-refractivity contribution in [3.8, 4) is 0 Å². The number of nitrogens with one attached hydrogen (secondary N) is 2. The third kappa shape index (κ3) is 5.56. The summed E-state index contributed by atoms with van der Waals surface area (Å²) >= 11 is 0. The van der Waals surface area contributed by atoms with E-state index in [1.807, 2.05) is 25.1 Å². The van der Waals surface area contributed by atoms with Crippen LogP contribution in [0.2, 0.25) is 0 Å². The van der Waals surface area contributed by atoms with Crippen LogP contribution in [0, 0.1) is 0 Å². The van der Waals surface area contributed by atoms with E-state index in [1.165, 1.54) is 5.56 Å². The van der Waals surface area contributed by atoms with Crippen LogP contribution in [0.4, 0.5) is 11.5 Å². The number of carbonyl (C=O) groups excluding carboxylic acids is 1. The first kappa shape index (κ1) is 16.0. The van der Waals surface area contributed by atoms with Crippen LogP contribution in [0.3, 0.4) is 0 Å². The smallest absolute Gasteiger partial charge is 0.224 e. The highest BCUT2D eigenvalue weighted by atomic mass is 16.1. The van der Waals surface area contributed by atoms with Gasteiger partial charge in [0.1, 0.15) is 5.82 Å². The van der Waals surface area contributed by atoms with E-state index in [-0.39, 0.29) is 5.91 Å². The fraction of sp³-hybridized carbons (Fsp3) is 0.333. The maximum Gasteiger partial charge on any atom is 0.224 e. The number of amides is 1. The summed E-state index contributed by atoms with van der Waals surface area (Å²) in [5.74, 6) is 0.870. The molecule has 0 fully saturated rings. The summed E-state index contributed by atoms with van der Waals surface area (Å²) < 4.78 is 0. The van der Waals surface area contributed by atoms with E-state index in [1.54, 1.807) is 6.20 Å². The van der Waals surface area contributed by atoms with Gasteiger partial charge in [0.25, 0.3) is 0 Å². The van der Waals surface area contributed by atoms with E-state index in [9.17, 15) is 4.79 Å². The van der Waals surface area contributed by atoms with Crippen molar-refractivity contribution in [3.63, 3.8) is 0 Å². The molecular weight excluding hydrogens is 274 g/mol. The molecule has 0 unspecified atom stereocenters. The van der Waals surface area contributed by atoms with Gasteiger partial charge >= 0.3 is 0 Å². The standard InChI is InChI=1S/C18H23N3O/c1-2-7-18(22)21-16-11-12-17(20-14-16)19-13-6-10-15-8-4-3-5-9-15/h3-5,8-9,11-12,14H,2,6-7,10,13H2,1H3,(H,19,20)(H,21,22). The highest BCUT2D eigenvalue weighted by molar-refractivity contribution is 5.90. The highest BCUT2D eigenvalue weighted by Crippen LogP contribution is 2.10. The van der Waals surface area contributed by atoms with Gasteiger partial charge < -0.3 is 10.6 Å². The number of benzene rings is 1. The second-order valence-corrected chi connectivity index (χ2v) is 5.25. The maximum absolute atomic E-state index is 11.5. The maximum atomic E-state index is 11.5. The summed E-state index contributed by atoms with van der Waals surface area (Å²) in [6.45, 7) is 2.86. The lowest BCUT2D eigenvalue weighted by atomic mass is 10.1. The zero-order valence-electron chi connectivity index (χ0n) is 13.0. The van der Waals surface area contributed by atoms with Gasteiger partial charge in [0.05, 0.1) is 11.9 Å². The molecule has 0 atom stereocenters. The van der Waals surface area contributed by atoms with Crippen LogP contribution in [-0.2, 0) is 11.2 Å². The summed E-state index contributed by atoms with van der Waals surface area (Å²) in [6, 6.07) is 14.2. The average molecular weight is 297 g/mol. The summed E-state index contributed by atoms with van der Waals surface area (Å²) in [5.41, 5.74) is 2.10. The van der Waals surface area contributed by atoms with Gasteiger partial charge in [0.15, 0.2) is 0 Å². The molecule has 0 saturated carbocycles. The number of aromatic nitrogens is 1. The van der Waals surface area contributed by atoms with Crippen LogP contribution in [0.5, 0.6) is 0 Å². The molecule has 4 heteroatoms. The molecule has 1 aromatic carbocycles. The van der Waals surface area contributed by atoms with Crippen molar-refractivity contribution in [2.75, 3.05) is 17.2 Å². The van der Waals surface area contributed by atoms with E-state index >= 15 is 0 Å². The van der Waals surface area contributed by atoms with E-state index in [0.29, 0.717) is 6.42 Å². The first-order valence-corrected chi connectivity index (χ1v) is 7.81. The molecule has 2 aromatic rings. The van der Waals surface area contributed by atoms with E-state index in [4.69, 9.17) is 0 Å². The Labute approximate surface area is 132 Å². The predicted molar refractivity (Wildman–Crippen MR) is 91.0 cm³/mol. The molecule has 2 N–H and O–H groups in total. The second kappa shape index (κ2) is 8.82. The molecule has 4 nitrogen and oxygen atoms in total. The van der Waals surface area contributed by atoms with Gasteiger partial charge in [-0.05, 0) is 37.0 Å². The Kier molecular flexibility index (Phi) is 6.42. The Hall–Kier alpha value is -2.36. The van der Waals surface area contributed by atoms with Crippen LogP contribution in [0.25, 0.3) is 0 Å². The number of anilines is 2. The minimum absolute atomic E-state index is 0.0351. The summed E-state index contributed by atoms with van der Waals surface area (Å²) in [5, 5.41) is 6.13. The molecule has 0 aliphatic carbocycles. The van der Waals surface area contributed by atoms with E-state index < -0.39 is 0 Å². The lowest BCUT2D eigenvalue weighted by molar-refractivity contribution is -0.116. The van der Waals surface area contributed by atoms with Crippen LogP contribution < -0.4 is 10.6 Å². The largest absolute Gasteiger partial charge is 0.370 e. The number of hydrogen-bond acceptors (Lipinski definition) is 3. The Morgan fingerprint density at radius 3 is 2.64 bits per heavy atom. The summed E-state index contributed by atoms with van der Waals surface area (Å²) in [6.07, 6.45) is 5.19. The average Bonchev–Trinajstić information content (AvgIpc) is 2.54. The third-order valence-corrected chi connectivity index (χ3v) is 3.32. The molecule has 1 heterocycles. The van der Waals surface area contributed by atoms with Crippen LogP contribution in [-0.4, -0.2) is 17.4 Å². The van der Waals surface area contributed by atoms with E-state index in [0.717, 1.165) is 37.3 Å². The molecule has 1 aromatic heterocycles. The van der Waals surface area contributed by atoms with Crippen LogP contribution >= 0.6 is 0 Å². The number of pyridine rings is 1. The van der Waals surface area contributed by atoms with Crippen molar-refractivity contribution in [3.05, 3.63) is 54.2 Å². The number of carbonyl (C=O) groups is 1. The summed E-state index contributed by atoms with van der Waals surface area (Å²) in [4.78, 5) is 15.8. The molecule has 0 spiro atoms. The van der Waals surface area contributed by atoms with Crippen molar-refractivity contribution in [1.82, 2.24) is 4.98 Å². The minimum atomic E-state index is 0.0351. The molecule has 1 amide bonds. The van der Waals surface area contributed by atoms with Gasteiger partial charge in [-0.2, -0.15) is 0 Å². The van der Waals surface area contributed by atoms with Crippen molar-refractivity contribution >= 4 is 17.4 Å².